The van der Waals surface area contributed by atoms with Crippen LogP contribution in [0.15, 0.2) is 22.7 Å². The standard InChI is InChI=1S/C14H19BrFNO/c1-2-17-14-5-6-18-9-11(14)7-10-8-12(15)3-4-13(10)16/h3-4,8,11,14,17H,2,5-7,9H2,1H3. The zero-order chi connectivity index (χ0) is 13.0. The monoisotopic (exact) mass is 315 g/mol. The van der Waals surface area contributed by atoms with Crippen LogP contribution in [0.25, 0.3) is 0 Å². The Morgan fingerprint density at radius 2 is 2.33 bits per heavy atom. The lowest BCUT2D eigenvalue weighted by atomic mass is 9.89. The molecular formula is C14H19BrFNO. The van der Waals surface area contributed by atoms with E-state index in [0.717, 1.165) is 36.0 Å². The normalized spacial score (nSPS) is 24.2. The Bertz CT molecular complexity index is 397. The molecule has 1 aliphatic heterocycles. The summed E-state index contributed by atoms with van der Waals surface area (Å²) in [5.74, 6) is 0.224. The van der Waals surface area contributed by atoms with Crippen LogP contribution in [0.3, 0.4) is 0 Å². The van der Waals surface area contributed by atoms with Gasteiger partial charge in [-0.05, 0) is 43.1 Å². The first kappa shape index (κ1) is 14.0. The Kier molecular flexibility index (Phi) is 5.15. The molecule has 1 N–H and O–H groups in total. The van der Waals surface area contributed by atoms with Crippen molar-refractivity contribution >= 4 is 15.9 Å². The summed E-state index contributed by atoms with van der Waals surface area (Å²) in [6, 6.07) is 5.55. The molecule has 2 rings (SSSR count). The molecule has 1 aromatic rings. The minimum atomic E-state index is -0.126. The molecule has 2 unspecified atom stereocenters. The molecule has 0 radical (unpaired) electrons. The lowest BCUT2D eigenvalue weighted by Gasteiger charge is -2.32. The van der Waals surface area contributed by atoms with Gasteiger partial charge >= 0.3 is 0 Å². The minimum absolute atomic E-state index is 0.126. The Hall–Kier alpha value is -0.450. The van der Waals surface area contributed by atoms with Crippen molar-refractivity contribution in [1.82, 2.24) is 5.32 Å². The van der Waals surface area contributed by atoms with E-state index in [1.54, 1.807) is 6.07 Å². The number of hydrogen-bond donors (Lipinski definition) is 1. The summed E-state index contributed by atoms with van der Waals surface area (Å²) < 4.78 is 20.2. The maximum atomic E-state index is 13.8. The van der Waals surface area contributed by atoms with Gasteiger partial charge in [0.15, 0.2) is 0 Å². The largest absolute Gasteiger partial charge is 0.381 e. The highest BCUT2D eigenvalue weighted by Gasteiger charge is 2.26. The van der Waals surface area contributed by atoms with Gasteiger partial charge < -0.3 is 10.1 Å². The van der Waals surface area contributed by atoms with E-state index in [2.05, 4.69) is 28.2 Å². The van der Waals surface area contributed by atoms with Gasteiger partial charge in [-0.1, -0.05) is 22.9 Å². The van der Waals surface area contributed by atoms with E-state index in [4.69, 9.17) is 4.74 Å². The molecule has 0 aromatic heterocycles. The van der Waals surface area contributed by atoms with E-state index >= 15 is 0 Å². The van der Waals surface area contributed by atoms with E-state index in [0.29, 0.717) is 18.6 Å². The van der Waals surface area contributed by atoms with Crippen LogP contribution >= 0.6 is 15.9 Å². The van der Waals surface area contributed by atoms with Crippen molar-refractivity contribution in [3.8, 4) is 0 Å². The van der Waals surface area contributed by atoms with Crippen molar-refractivity contribution in [2.45, 2.75) is 25.8 Å². The molecule has 18 heavy (non-hydrogen) atoms. The number of halogens is 2. The molecular weight excluding hydrogens is 297 g/mol. The molecule has 1 aromatic carbocycles. The summed E-state index contributed by atoms with van der Waals surface area (Å²) in [6.07, 6.45) is 1.73. The molecule has 2 nitrogen and oxygen atoms in total. The zero-order valence-electron chi connectivity index (χ0n) is 10.6. The Balaban J connectivity index is 2.08. The van der Waals surface area contributed by atoms with Crippen molar-refractivity contribution in [3.63, 3.8) is 0 Å². The summed E-state index contributed by atoms with van der Waals surface area (Å²) in [5.41, 5.74) is 0.766. The number of nitrogens with one attached hydrogen (secondary N) is 1. The molecule has 0 saturated carbocycles. The topological polar surface area (TPSA) is 21.3 Å². The number of benzene rings is 1. The molecule has 1 saturated heterocycles. The average Bonchev–Trinajstić information content (AvgIpc) is 2.36. The number of rotatable bonds is 4. The van der Waals surface area contributed by atoms with Crippen molar-refractivity contribution < 1.29 is 9.13 Å². The summed E-state index contributed by atoms with van der Waals surface area (Å²) >= 11 is 3.39. The Morgan fingerprint density at radius 1 is 1.50 bits per heavy atom. The Morgan fingerprint density at radius 3 is 3.11 bits per heavy atom. The second-order valence-corrected chi connectivity index (χ2v) is 5.64. The van der Waals surface area contributed by atoms with Crippen LogP contribution in [0.5, 0.6) is 0 Å². The SMILES string of the molecule is CCNC1CCOCC1Cc1cc(Br)ccc1F. The van der Waals surface area contributed by atoms with Crippen molar-refractivity contribution in [2.75, 3.05) is 19.8 Å². The molecule has 0 spiro atoms. The lowest BCUT2D eigenvalue weighted by Crippen LogP contribution is -2.43. The summed E-state index contributed by atoms with van der Waals surface area (Å²) in [5, 5.41) is 3.47. The third-order valence-corrected chi connectivity index (χ3v) is 3.92. The van der Waals surface area contributed by atoms with Gasteiger partial charge in [0.1, 0.15) is 5.82 Å². The van der Waals surface area contributed by atoms with Crippen molar-refractivity contribution in [2.24, 2.45) is 5.92 Å². The second kappa shape index (κ2) is 6.64. The van der Waals surface area contributed by atoms with Crippen LogP contribution in [0.1, 0.15) is 18.9 Å². The predicted molar refractivity (Wildman–Crippen MR) is 74.2 cm³/mol. The Labute approximate surface area is 116 Å². The molecule has 0 aliphatic carbocycles. The highest BCUT2D eigenvalue weighted by atomic mass is 79.9. The molecule has 1 aliphatic rings. The maximum Gasteiger partial charge on any atom is 0.126 e. The van der Waals surface area contributed by atoms with E-state index in [9.17, 15) is 4.39 Å². The predicted octanol–water partition coefficient (Wildman–Crippen LogP) is 3.15. The smallest absolute Gasteiger partial charge is 0.126 e. The zero-order valence-corrected chi connectivity index (χ0v) is 12.2. The van der Waals surface area contributed by atoms with Crippen LogP contribution in [0, 0.1) is 11.7 Å². The van der Waals surface area contributed by atoms with Crippen LogP contribution in [-0.2, 0) is 11.2 Å². The fourth-order valence-corrected chi connectivity index (χ4v) is 2.92. The van der Waals surface area contributed by atoms with Crippen molar-refractivity contribution in [1.29, 1.82) is 0 Å². The van der Waals surface area contributed by atoms with Crippen molar-refractivity contribution in [3.05, 3.63) is 34.1 Å². The highest BCUT2D eigenvalue weighted by molar-refractivity contribution is 9.10. The summed E-state index contributed by atoms with van der Waals surface area (Å²) in [6.45, 7) is 4.56. The lowest BCUT2D eigenvalue weighted by molar-refractivity contribution is 0.0324. The molecule has 100 valence electrons. The average molecular weight is 316 g/mol. The molecule has 0 bridgehead atoms. The van der Waals surface area contributed by atoms with Gasteiger partial charge in [0.2, 0.25) is 0 Å². The number of ether oxygens (including phenoxy) is 1. The van der Waals surface area contributed by atoms with Crippen LogP contribution in [0.2, 0.25) is 0 Å². The van der Waals surface area contributed by atoms with Gasteiger partial charge in [-0.3, -0.25) is 0 Å². The first-order valence-electron chi connectivity index (χ1n) is 6.45. The third-order valence-electron chi connectivity index (χ3n) is 3.43. The number of hydrogen-bond acceptors (Lipinski definition) is 2. The summed E-state index contributed by atoms with van der Waals surface area (Å²) in [4.78, 5) is 0. The fourth-order valence-electron chi connectivity index (χ4n) is 2.51. The van der Waals surface area contributed by atoms with E-state index in [-0.39, 0.29) is 5.82 Å². The van der Waals surface area contributed by atoms with Gasteiger partial charge in [-0.2, -0.15) is 0 Å². The molecule has 4 heteroatoms. The summed E-state index contributed by atoms with van der Waals surface area (Å²) in [7, 11) is 0. The fraction of sp³-hybridized carbons (Fsp3) is 0.571. The van der Waals surface area contributed by atoms with Gasteiger partial charge in [0.25, 0.3) is 0 Å². The minimum Gasteiger partial charge on any atom is -0.381 e. The highest BCUT2D eigenvalue weighted by Crippen LogP contribution is 2.23. The van der Waals surface area contributed by atoms with Crippen LogP contribution in [0.4, 0.5) is 4.39 Å². The second-order valence-electron chi connectivity index (χ2n) is 4.73. The quantitative estimate of drug-likeness (QED) is 0.921. The molecule has 1 fully saturated rings. The van der Waals surface area contributed by atoms with E-state index in [1.807, 2.05) is 6.07 Å². The molecule has 1 heterocycles. The van der Waals surface area contributed by atoms with Gasteiger partial charge in [0, 0.05) is 23.0 Å². The molecule has 0 amide bonds. The van der Waals surface area contributed by atoms with Crippen LogP contribution in [-0.4, -0.2) is 25.8 Å². The third kappa shape index (κ3) is 3.53. The molecule has 2 atom stereocenters. The van der Waals surface area contributed by atoms with Crippen LogP contribution < -0.4 is 5.32 Å². The van der Waals surface area contributed by atoms with Gasteiger partial charge in [0.05, 0.1) is 6.61 Å². The van der Waals surface area contributed by atoms with Gasteiger partial charge in [-0.25, -0.2) is 4.39 Å². The first-order chi connectivity index (χ1) is 8.70. The maximum absolute atomic E-state index is 13.8. The van der Waals surface area contributed by atoms with E-state index < -0.39 is 0 Å². The van der Waals surface area contributed by atoms with E-state index in [1.165, 1.54) is 6.07 Å². The first-order valence-corrected chi connectivity index (χ1v) is 7.25. The van der Waals surface area contributed by atoms with Gasteiger partial charge in [-0.15, -0.1) is 0 Å².